The quantitative estimate of drug-likeness (QED) is 0.0949. The Morgan fingerprint density at radius 3 is 0.947 bits per heavy atom. The molecule has 0 fully saturated rings. The summed E-state index contributed by atoms with van der Waals surface area (Å²) in [6.07, 6.45) is -0.944. The van der Waals surface area contributed by atoms with E-state index in [-0.39, 0.29) is 32.1 Å². The second-order valence-corrected chi connectivity index (χ2v) is 6.98. The molecular formula is C18H34N6O14. The molecular weight excluding hydrogens is 524 g/mol. The van der Waals surface area contributed by atoms with Crippen LogP contribution in [0.3, 0.4) is 0 Å². The van der Waals surface area contributed by atoms with Crippen LogP contribution in [0.15, 0.2) is 0 Å². The highest BCUT2D eigenvalue weighted by Gasteiger charge is 2.15. The summed E-state index contributed by atoms with van der Waals surface area (Å²) >= 11 is 0. The third-order valence-electron chi connectivity index (χ3n) is 3.46. The Bertz CT molecular complexity index is 755. The first-order valence-corrected chi connectivity index (χ1v) is 10.1. The number of aliphatic carboxylic acids is 6. The van der Waals surface area contributed by atoms with Gasteiger partial charge in [-0.15, -0.1) is 0 Å². The number of hydrogen-bond acceptors (Lipinski definition) is 12. The van der Waals surface area contributed by atoms with Crippen LogP contribution in [0.1, 0.15) is 38.5 Å². The predicted molar refractivity (Wildman–Crippen MR) is 124 cm³/mol. The van der Waals surface area contributed by atoms with Crippen LogP contribution in [0.25, 0.3) is 0 Å². The molecule has 2 amide bonds. The van der Waals surface area contributed by atoms with Gasteiger partial charge in [0.2, 0.25) is 11.8 Å². The smallest absolute Gasteiger partial charge is 0.321 e. The first kappa shape index (κ1) is 40.8. The molecule has 38 heavy (non-hydrogen) atoms. The molecule has 0 aliphatic rings. The van der Waals surface area contributed by atoms with Crippen LogP contribution in [0.4, 0.5) is 0 Å². The van der Waals surface area contributed by atoms with Crippen LogP contribution >= 0.6 is 0 Å². The molecule has 20 heteroatoms. The minimum atomic E-state index is -1.29. The van der Waals surface area contributed by atoms with Gasteiger partial charge in [0.05, 0.1) is 12.8 Å². The zero-order valence-corrected chi connectivity index (χ0v) is 20.0. The van der Waals surface area contributed by atoms with Gasteiger partial charge in [-0.2, -0.15) is 0 Å². The highest BCUT2D eigenvalue weighted by atomic mass is 16.4. The molecule has 0 bridgehead atoms. The topological polar surface area (TPSA) is 414 Å². The normalized spacial score (nSPS) is 12.5. The van der Waals surface area contributed by atoms with E-state index in [1.807, 2.05) is 0 Å². The van der Waals surface area contributed by atoms with Crippen LogP contribution in [0.5, 0.6) is 0 Å². The van der Waals surface area contributed by atoms with E-state index < -0.39 is 78.2 Å². The minimum Gasteiger partial charge on any atom is -0.481 e. The van der Waals surface area contributed by atoms with Gasteiger partial charge in [-0.3, -0.25) is 38.4 Å². The number of carboxylic acid groups (broad SMARTS) is 6. The number of rotatable bonds is 14. The summed E-state index contributed by atoms with van der Waals surface area (Å²) in [5.74, 6) is -8.25. The predicted octanol–water partition coefficient (Wildman–Crippen LogP) is -4.93. The third kappa shape index (κ3) is 33.8. The van der Waals surface area contributed by atoms with Crippen molar-refractivity contribution in [3.05, 3.63) is 0 Å². The monoisotopic (exact) mass is 558 g/mol. The number of primary amides is 2. The fourth-order valence-corrected chi connectivity index (χ4v) is 1.40. The second-order valence-electron chi connectivity index (χ2n) is 6.98. The van der Waals surface area contributed by atoms with Gasteiger partial charge in [0.1, 0.15) is 24.2 Å². The van der Waals surface area contributed by atoms with E-state index >= 15 is 0 Å². The van der Waals surface area contributed by atoms with E-state index in [1.54, 1.807) is 0 Å². The zero-order chi connectivity index (χ0) is 31.2. The van der Waals surface area contributed by atoms with Gasteiger partial charge in [-0.05, 0) is 12.8 Å². The molecule has 0 heterocycles. The maximum Gasteiger partial charge on any atom is 0.321 e. The lowest BCUT2D eigenvalue weighted by atomic mass is 10.2. The van der Waals surface area contributed by atoms with Crippen molar-refractivity contribution in [2.24, 2.45) is 34.4 Å². The van der Waals surface area contributed by atoms with Crippen LogP contribution in [0, 0.1) is 0 Å². The molecule has 0 radical (unpaired) electrons. The molecule has 4 atom stereocenters. The fraction of sp³-hybridized carbons (Fsp3) is 0.556. The first-order chi connectivity index (χ1) is 17.1. The van der Waals surface area contributed by atoms with Crippen molar-refractivity contribution in [2.45, 2.75) is 62.7 Å². The Morgan fingerprint density at radius 2 is 0.763 bits per heavy atom. The molecule has 0 saturated carbocycles. The van der Waals surface area contributed by atoms with Crippen LogP contribution in [-0.4, -0.2) is 102 Å². The number of nitrogens with two attached hydrogens (primary N) is 6. The fourth-order valence-electron chi connectivity index (χ4n) is 1.40. The Kier molecular flexibility index (Phi) is 24.7. The molecule has 220 valence electrons. The van der Waals surface area contributed by atoms with Crippen molar-refractivity contribution >= 4 is 47.6 Å². The maximum atomic E-state index is 10.1. The highest BCUT2D eigenvalue weighted by molar-refractivity contribution is 5.83. The summed E-state index contributed by atoms with van der Waals surface area (Å²) < 4.78 is 0. The highest BCUT2D eigenvalue weighted by Crippen LogP contribution is 1.94. The van der Waals surface area contributed by atoms with Gasteiger partial charge in [0.25, 0.3) is 0 Å². The van der Waals surface area contributed by atoms with Gasteiger partial charge in [0.15, 0.2) is 0 Å². The van der Waals surface area contributed by atoms with E-state index in [0.717, 1.165) is 0 Å². The van der Waals surface area contributed by atoms with Crippen LogP contribution < -0.4 is 34.4 Å². The molecule has 0 saturated heterocycles. The van der Waals surface area contributed by atoms with Gasteiger partial charge >= 0.3 is 35.8 Å². The lowest BCUT2D eigenvalue weighted by Crippen LogP contribution is -2.34. The molecule has 0 aromatic rings. The molecule has 0 aromatic carbocycles. The lowest BCUT2D eigenvalue weighted by Gasteiger charge is -2.01. The molecule has 0 aromatic heterocycles. The number of carboxylic acids is 6. The van der Waals surface area contributed by atoms with Gasteiger partial charge in [-0.1, -0.05) is 0 Å². The Labute approximate surface area is 214 Å². The van der Waals surface area contributed by atoms with E-state index in [4.69, 9.17) is 59.3 Å². The van der Waals surface area contributed by atoms with Crippen molar-refractivity contribution in [1.82, 2.24) is 0 Å². The summed E-state index contributed by atoms with van der Waals surface area (Å²) in [6, 6.07) is -4.49. The molecule has 20 nitrogen and oxygen atoms in total. The Balaban J connectivity index is -0.000000203. The van der Waals surface area contributed by atoms with Crippen molar-refractivity contribution in [1.29, 1.82) is 0 Å². The number of carbonyl (C=O) groups is 8. The second kappa shape index (κ2) is 23.0. The van der Waals surface area contributed by atoms with E-state index in [2.05, 4.69) is 5.73 Å². The molecule has 4 unspecified atom stereocenters. The molecule has 0 spiro atoms. The van der Waals surface area contributed by atoms with Crippen molar-refractivity contribution in [2.75, 3.05) is 0 Å². The SMILES string of the molecule is NC(=O)CC(N)C(=O)O.NC(=O)CCC(N)C(=O)O.NC(CC(=O)O)C(=O)O.NC(CCC(=O)O)C(=O)O. The van der Waals surface area contributed by atoms with Crippen molar-refractivity contribution < 1.29 is 69.0 Å². The molecule has 18 N–H and O–H groups in total. The molecule has 0 aliphatic heterocycles. The van der Waals surface area contributed by atoms with Gasteiger partial charge in [-0.25, -0.2) is 0 Å². The van der Waals surface area contributed by atoms with Gasteiger partial charge in [0, 0.05) is 12.8 Å². The average molecular weight is 558 g/mol. The van der Waals surface area contributed by atoms with E-state index in [1.165, 1.54) is 0 Å². The summed E-state index contributed by atoms with van der Waals surface area (Å²) in [5.41, 5.74) is 29.2. The Hall–Kier alpha value is -4.40. The summed E-state index contributed by atoms with van der Waals surface area (Å²) in [5, 5.41) is 48.6. The number of hydrogen-bond donors (Lipinski definition) is 12. The first-order valence-electron chi connectivity index (χ1n) is 10.1. The standard InChI is InChI=1S/C5H10N2O3.C5H9NO4.C4H8N2O3.C4H7NO4/c2*6-3(5(9)10)1-2-4(7)8;2*5-2(4(8)9)1-3(6)7/h3H,1-2,6H2,(H2,7,8)(H,9,10);3H,1-2,6H2,(H,7,8)(H,9,10);2H,1,5H2,(H2,6,7)(H,8,9);2H,1,5H2,(H,6,7)(H,8,9). The summed E-state index contributed by atoms with van der Waals surface area (Å²) in [6.45, 7) is 0. The van der Waals surface area contributed by atoms with E-state index in [0.29, 0.717) is 0 Å². The number of carbonyl (C=O) groups excluding carboxylic acids is 2. The van der Waals surface area contributed by atoms with Crippen molar-refractivity contribution in [3.8, 4) is 0 Å². The average Bonchev–Trinajstić information content (AvgIpc) is 2.75. The molecule has 0 aliphatic carbocycles. The molecule has 0 rings (SSSR count). The third-order valence-corrected chi connectivity index (χ3v) is 3.46. The van der Waals surface area contributed by atoms with E-state index in [9.17, 15) is 38.4 Å². The Morgan fingerprint density at radius 1 is 0.447 bits per heavy atom. The zero-order valence-electron chi connectivity index (χ0n) is 20.0. The largest absolute Gasteiger partial charge is 0.481 e. The lowest BCUT2D eigenvalue weighted by molar-refractivity contribution is -0.144. The van der Waals surface area contributed by atoms with Crippen LogP contribution in [-0.2, 0) is 38.4 Å². The summed E-state index contributed by atoms with van der Waals surface area (Å²) in [4.78, 5) is 79.5. The minimum absolute atomic E-state index is 0.0213. The maximum absolute atomic E-state index is 10.1. The summed E-state index contributed by atoms with van der Waals surface area (Å²) in [7, 11) is 0. The number of amides is 2. The van der Waals surface area contributed by atoms with Gasteiger partial charge < -0.3 is 65.0 Å². The van der Waals surface area contributed by atoms with Crippen molar-refractivity contribution in [3.63, 3.8) is 0 Å². The van der Waals surface area contributed by atoms with Crippen LogP contribution in [0.2, 0.25) is 0 Å².